The molecule has 7 nitrogen and oxygen atoms in total. The Hall–Kier alpha value is -2.23. The maximum atomic E-state index is 13.0. The number of rotatable bonds is 5. The molecular formula is C20H19BrClN4O3S+. The zero-order chi connectivity index (χ0) is 21.4. The van der Waals surface area contributed by atoms with Gasteiger partial charge in [0.15, 0.2) is 11.5 Å². The average molecular weight is 511 g/mol. The van der Waals surface area contributed by atoms with Crippen molar-refractivity contribution in [2.75, 3.05) is 17.7 Å². The third-order valence-corrected chi connectivity index (χ3v) is 6.11. The Kier molecular flexibility index (Phi) is 5.95. The number of aromatic hydroxyl groups is 1. The number of benzene rings is 2. The van der Waals surface area contributed by atoms with Gasteiger partial charge in [0.1, 0.15) is 0 Å². The number of aromatic nitrogens is 3. The quantitative estimate of drug-likeness (QED) is 0.350. The summed E-state index contributed by atoms with van der Waals surface area (Å²) in [4.78, 5) is 15.9. The molecule has 4 rings (SSSR count). The van der Waals surface area contributed by atoms with E-state index in [1.54, 1.807) is 16.8 Å². The second kappa shape index (κ2) is 8.49. The number of thioether (sulfide) groups is 1. The van der Waals surface area contributed by atoms with Crippen molar-refractivity contribution < 1.29 is 14.5 Å². The zero-order valence-electron chi connectivity index (χ0n) is 16.2. The minimum Gasteiger partial charge on any atom is -0.503 e. The Labute approximate surface area is 190 Å². The Bertz CT molecular complexity index is 1190. The number of halogens is 2. The summed E-state index contributed by atoms with van der Waals surface area (Å²) < 4.78 is 8.05. The van der Waals surface area contributed by atoms with Crippen LogP contribution in [0.3, 0.4) is 0 Å². The van der Waals surface area contributed by atoms with E-state index >= 15 is 0 Å². The van der Waals surface area contributed by atoms with E-state index in [2.05, 4.69) is 31.3 Å². The molecule has 1 atom stereocenters. The molecule has 0 unspecified atom stereocenters. The lowest BCUT2D eigenvalue weighted by Crippen LogP contribution is -2.55. The predicted molar refractivity (Wildman–Crippen MR) is 121 cm³/mol. The summed E-state index contributed by atoms with van der Waals surface area (Å²) >= 11 is 11.2. The molecule has 2 aromatic carbocycles. The predicted octanol–water partition coefficient (Wildman–Crippen LogP) is 4.33. The van der Waals surface area contributed by atoms with Crippen molar-refractivity contribution in [1.29, 1.82) is 0 Å². The summed E-state index contributed by atoms with van der Waals surface area (Å²) in [7, 11) is 0. The van der Waals surface area contributed by atoms with Crippen molar-refractivity contribution in [3.8, 4) is 22.8 Å². The lowest BCUT2D eigenvalue weighted by atomic mass is 10.0. The van der Waals surface area contributed by atoms with E-state index in [4.69, 9.17) is 16.3 Å². The highest BCUT2D eigenvalue weighted by molar-refractivity contribution is 9.10. The number of nitrogens with zero attached hydrogens (tertiary/aromatic N) is 2. The summed E-state index contributed by atoms with van der Waals surface area (Å²) in [5.74, 6) is 0.925. The minimum absolute atomic E-state index is 0.117. The summed E-state index contributed by atoms with van der Waals surface area (Å²) in [6.45, 7) is 4.19. The summed E-state index contributed by atoms with van der Waals surface area (Å²) in [5.41, 5.74) is 2.41. The van der Waals surface area contributed by atoms with Gasteiger partial charge in [0.05, 0.1) is 22.9 Å². The highest BCUT2D eigenvalue weighted by Crippen LogP contribution is 2.39. The lowest BCUT2D eigenvalue weighted by molar-refractivity contribution is -0.759. The molecule has 1 aliphatic rings. The summed E-state index contributed by atoms with van der Waals surface area (Å²) in [6.07, 6.45) is -0.524. The molecule has 156 valence electrons. The molecule has 1 aromatic heterocycles. The summed E-state index contributed by atoms with van der Waals surface area (Å²) in [5, 5.41) is 19.0. The van der Waals surface area contributed by atoms with Gasteiger partial charge in [0, 0.05) is 15.1 Å². The number of fused-ring (bicyclic) bond motifs is 3. The first-order chi connectivity index (χ1) is 14.4. The van der Waals surface area contributed by atoms with E-state index in [1.807, 2.05) is 32.0 Å². The molecule has 0 aliphatic carbocycles. The Morgan fingerprint density at radius 1 is 1.33 bits per heavy atom. The Morgan fingerprint density at radius 3 is 2.87 bits per heavy atom. The van der Waals surface area contributed by atoms with Gasteiger partial charge in [0.25, 0.3) is 6.17 Å². The van der Waals surface area contributed by atoms with Gasteiger partial charge in [0.2, 0.25) is 5.16 Å². The highest BCUT2D eigenvalue weighted by atomic mass is 79.9. The number of anilines is 1. The lowest BCUT2D eigenvalue weighted by Gasteiger charge is -2.23. The van der Waals surface area contributed by atoms with E-state index in [0.29, 0.717) is 23.0 Å². The van der Waals surface area contributed by atoms with Crippen molar-refractivity contribution in [1.82, 2.24) is 10.1 Å². The van der Waals surface area contributed by atoms with Gasteiger partial charge >= 0.3 is 11.3 Å². The third kappa shape index (κ3) is 3.77. The van der Waals surface area contributed by atoms with Crippen molar-refractivity contribution in [3.05, 3.63) is 55.7 Å². The van der Waals surface area contributed by atoms with Gasteiger partial charge in [-0.15, -0.1) is 0 Å². The summed E-state index contributed by atoms with van der Waals surface area (Å²) in [6, 6.07) is 9.03. The van der Waals surface area contributed by atoms with E-state index in [0.717, 1.165) is 21.5 Å². The highest BCUT2D eigenvalue weighted by Gasteiger charge is 2.38. The molecule has 0 radical (unpaired) electrons. The molecule has 2 heterocycles. The molecular weight excluding hydrogens is 492 g/mol. The fourth-order valence-electron chi connectivity index (χ4n) is 3.36. The van der Waals surface area contributed by atoms with Crippen LogP contribution in [-0.2, 0) is 0 Å². The normalized spacial score (nSPS) is 14.6. The van der Waals surface area contributed by atoms with Gasteiger partial charge in [-0.25, -0.2) is 0 Å². The van der Waals surface area contributed by atoms with Gasteiger partial charge in [-0.3, -0.25) is 9.78 Å². The van der Waals surface area contributed by atoms with E-state index in [9.17, 15) is 9.90 Å². The number of hydrogen-bond acceptors (Lipinski definition) is 6. The fourth-order valence-corrected chi connectivity index (χ4v) is 4.52. The van der Waals surface area contributed by atoms with E-state index in [-0.39, 0.29) is 22.1 Å². The number of hydrogen-bond donors (Lipinski definition) is 3. The first-order valence-corrected chi connectivity index (χ1v) is 11.5. The SMILES string of the molecule is CCOc1cc([C@@H]2Nc3ccc(Br)cc3-c3c(=O)[nH]c(SCC)n[n+]32)cc(Cl)c1O. The first-order valence-electron chi connectivity index (χ1n) is 9.33. The molecule has 30 heavy (non-hydrogen) atoms. The monoisotopic (exact) mass is 509 g/mol. The Morgan fingerprint density at radius 2 is 2.13 bits per heavy atom. The van der Waals surface area contributed by atoms with Crippen molar-refractivity contribution in [2.45, 2.75) is 25.2 Å². The van der Waals surface area contributed by atoms with Crippen LogP contribution in [-0.4, -0.2) is 27.5 Å². The van der Waals surface area contributed by atoms with Gasteiger partial charge in [-0.05, 0) is 47.7 Å². The molecule has 0 saturated carbocycles. The number of ether oxygens (including phenoxy) is 1. The van der Waals surface area contributed by atoms with Crippen molar-refractivity contribution >= 4 is 45.0 Å². The van der Waals surface area contributed by atoms with Crippen LogP contribution in [0.15, 0.2) is 44.8 Å². The average Bonchev–Trinajstić information content (AvgIpc) is 2.71. The van der Waals surface area contributed by atoms with Crippen LogP contribution < -0.4 is 20.3 Å². The van der Waals surface area contributed by atoms with Crippen molar-refractivity contribution in [2.24, 2.45) is 0 Å². The van der Waals surface area contributed by atoms with Crippen LogP contribution in [0, 0.1) is 0 Å². The molecule has 3 N–H and O–H groups in total. The van der Waals surface area contributed by atoms with Crippen LogP contribution in [0.2, 0.25) is 5.02 Å². The van der Waals surface area contributed by atoms with E-state index in [1.165, 1.54) is 11.8 Å². The topological polar surface area (TPSA) is 91.1 Å². The number of H-pyrrole nitrogens is 1. The van der Waals surface area contributed by atoms with Gasteiger partial charge in [-0.2, -0.15) is 0 Å². The molecule has 3 aromatic rings. The molecule has 0 amide bonds. The second-order valence-corrected chi connectivity index (χ2v) is 9.08. The van der Waals surface area contributed by atoms with Gasteiger partial charge in [-0.1, -0.05) is 46.2 Å². The van der Waals surface area contributed by atoms with Crippen LogP contribution in [0.5, 0.6) is 11.5 Å². The van der Waals surface area contributed by atoms with Crippen LogP contribution in [0.25, 0.3) is 11.3 Å². The molecule has 10 heteroatoms. The molecule has 0 spiro atoms. The molecule has 0 saturated heterocycles. The molecule has 0 bridgehead atoms. The van der Waals surface area contributed by atoms with Gasteiger partial charge < -0.3 is 15.2 Å². The smallest absolute Gasteiger partial charge is 0.325 e. The fraction of sp³-hybridized carbons (Fsp3) is 0.250. The molecule has 0 fully saturated rings. The first kappa shape index (κ1) is 21.0. The number of aromatic amines is 1. The maximum Gasteiger partial charge on any atom is 0.325 e. The zero-order valence-corrected chi connectivity index (χ0v) is 19.4. The number of nitrogens with one attached hydrogen (secondary N) is 2. The van der Waals surface area contributed by atoms with Crippen LogP contribution >= 0.6 is 39.3 Å². The third-order valence-electron chi connectivity index (χ3n) is 4.58. The minimum atomic E-state index is -0.524. The Balaban J connectivity index is 1.96. The van der Waals surface area contributed by atoms with Crippen LogP contribution in [0.4, 0.5) is 5.69 Å². The van der Waals surface area contributed by atoms with E-state index < -0.39 is 6.17 Å². The number of phenols is 1. The molecule has 1 aliphatic heterocycles. The second-order valence-electron chi connectivity index (χ2n) is 6.50. The number of phenolic OH excluding ortho intramolecular Hbond substituents is 1. The largest absolute Gasteiger partial charge is 0.503 e. The standard InChI is InChI=1S/C20H18BrClN4O3S/c1-3-29-15-8-10(7-13(22)17(15)27)18-23-14-6-5-11(21)9-12(14)16-19(28)24-20(30-4-2)25-26(16)18/h5-9,18H,3-4H2,1-2H3,(H2,24,25,27,28)/p+1/t18-/m1/s1. The maximum absolute atomic E-state index is 13.0. The van der Waals surface area contributed by atoms with Crippen LogP contribution in [0.1, 0.15) is 25.6 Å². The van der Waals surface area contributed by atoms with Crippen molar-refractivity contribution in [3.63, 3.8) is 0 Å².